The zero-order valence-corrected chi connectivity index (χ0v) is 12.7. The monoisotopic (exact) mass is 248 g/mol. The fourth-order valence-corrected chi connectivity index (χ4v) is 2.20. The zero-order valence-electron chi connectivity index (χ0n) is 12.7. The molecule has 0 amide bonds. The summed E-state index contributed by atoms with van der Waals surface area (Å²) in [5.74, 6) is 0. The minimum absolute atomic E-state index is 0.141. The summed E-state index contributed by atoms with van der Waals surface area (Å²) >= 11 is 0. The molecule has 18 heavy (non-hydrogen) atoms. The van der Waals surface area contributed by atoms with E-state index in [4.69, 9.17) is 0 Å². The van der Waals surface area contributed by atoms with Crippen LogP contribution in [0.5, 0.6) is 0 Å². The fourth-order valence-electron chi connectivity index (χ4n) is 2.20. The van der Waals surface area contributed by atoms with Crippen LogP contribution in [-0.4, -0.2) is 25.7 Å². The van der Waals surface area contributed by atoms with Gasteiger partial charge in [0.1, 0.15) is 0 Å². The molecule has 0 aliphatic carbocycles. The van der Waals surface area contributed by atoms with Crippen LogP contribution in [0.1, 0.15) is 38.8 Å². The summed E-state index contributed by atoms with van der Waals surface area (Å²) < 4.78 is 0. The number of nitrogens with one attached hydrogen (secondary N) is 2. The standard InChI is InChI=1S/C16H28N2/c1-13-9-7-8-10-14(13)15(2,3)11-18-12-16(4,5)17-6/h7-10,17-18H,11-12H2,1-6H3. The smallest absolute Gasteiger partial charge is 0.0246 e. The van der Waals surface area contributed by atoms with Crippen molar-refractivity contribution >= 4 is 0 Å². The molecule has 2 heteroatoms. The fraction of sp³-hybridized carbons (Fsp3) is 0.625. The van der Waals surface area contributed by atoms with E-state index < -0.39 is 0 Å². The van der Waals surface area contributed by atoms with Gasteiger partial charge in [-0.25, -0.2) is 0 Å². The third kappa shape index (κ3) is 4.11. The normalized spacial score (nSPS) is 12.8. The number of hydrogen-bond donors (Lipinski definition) is 2. The molecular weight excluding hydrogens is 220 g/mol. The van der Waals surface area contributed by atoms with E-state index in [1.54, 1.807) is 0 Å². The van der Waals surface area contributed by atoms with Crippen LogP contribution < -0.4 is 10.6 Å². The van der Waals surface area contributed by atoms with E-state index in [1.807, 2.05) is 7.05 Å². The Kier molecular flexibility index (Phi) is 4.94. The molecule has 0 heterocycles. The second kappa shape index (κ2) is 5.85. The number of likely N-dealkylation sites (N-methyl/N-ethyl adjacent to an activating group) is 1. The molecule has 0 radical (unpaired) electrons. The highest BCUT2D eigenvalue weighted by molar-refractivity contribution is 5.32. The lowest BCUT2D eigenvalue weighted by Crippen LogP contribution is -2.48. The molecule has 1 aromatic rings. The maximum absolute atomic E-state index is 3.58. The molecule has 0 spiro atoms. The summed E-state index contributed by atoms with van der Waals surface area (Å²) in [5.41, 5.74) is 3.11. The first-order valence-electron chi connectivity index (χ1n) is 6.74. The predicted octanol–water partition coefficient (Wildman–Crippen LogP) is 2.86. The van der Waals surface area contributed by atoms with Gasteiger partial charge in [-0.2, -0.15) is 0 Å². The van der Waals surface area contributed by atoms with Gasteiger partial charge in [-0.3, -0.25) is 0 Å². The van der Waals surface area contributed by atoms with Gasteiger partial charge in [0.2, 0.25) is 0 Å². The molecule has 2 N–H and O–H groups in total. The highest BCUT2D eigenvalue weighted by Crippen LogP contribution is 2.25. The first kappa shape index (κ1) is 15.2. The van der Waals surface area contributed by atoms with Gasteiger partial charge in [0, 0.05) is 24.0 Å². The van der Waals surface area contributed by atoms with Gasteiger partial charge >= 0.3 is 0 Å². The lowest BCUT2D eigenvalue weighted by atomic mass is 9.82. The van der Waals surface area contributed by atoms with E-state index >= 15 is 0 Å². The Hall–Kier alpha value is -0.860. The number of aryl methyl sites for hydroxylation is 1. The molecule has 1 rings (SSSR count). The van der Waals surface area contributed by atoms with Crippen LogP contribution >= 0.6 is 0 Å². The number of benzene rings is 1. The van der Waals surface area contributed by atoms with Gasteiger partial charge < -0.3 is 10.6 Å². The summed E-state index contributed by atoms with van der Waals surface area (Å²) in [5, 5.41) is 6.90. The molecule has 0 saturated heterocycles. The van der Waals surface area contributed by atoms with Gasteiger partial charge in [-0.1, -0.05) is 38.1 Å². The molecule has 0 unspecified atom stereocenters. The van der Waals surface area contributed by atoms with Crippen LogP contribution in [-0.2, 0) is 5.41 Å². The second-order valence-electron chi connectivity index (χ2n) is 6.44. The van der Waals surface area contributed by atoms with Crippen LogP contribution in [0.25, 0.3) is 0 Å². The molecule has 0 bridgehead atoms. The Morgan fingerprint density at radius 1 is 1.00 bits per heavy atom. The van der Waals surface area contributed by atoms with Gasteiger partial charge in [0.15, 0.2) is 0 Å². The van der Waals surface area contributed by atoms with Gasteiger partial charge in [0.25, 0.3) is 0 Å². The van der Waals surface area contributed by atoms with Crippen molar-refractivity contribution in [3.05, 3.63) is 35.4 Å². The van der Waals surface area contributed by atoms with E-state index in [1.165, 1.54) is 11.1 Å². The van der Waals surface area contributed by atoms with Crippen molar-refractivity contribution in [2.24, 2.45) is 0 Å². The summed E-state index contributed by atoms with van der Waals surface area (Å²) in [6.45, 7) is 13.2. The van der Waals surface area contributed by atoms with Crippen molar-refractivity contribution in [1.29, 1.82) is 0 Å². The Balaban J connectivity index is 2.63. The molecule has 102 valence electrons. The summed E-state index contributed by atoms with van der Waals surface area (Å²) in [7, 11) is 2.01. The van der Waals surface area contributed by atoms with Crippen molar-refractivity contribution < 1.29 is 0 Å². The highest BCUT2D eigenvalue weighted by Gasteiger charge is 2.23. The first-order chi connectivity index (χ1) is 8.28. The van der Waals surface area contributed by atoms with Crippen molar-refractivity contribution in [2.45, 2.75) is 45.6 Å². The zero-order chi connectivity index (χ0) is 13.8. The molecular formula is C16H28N2. The summed E-state index contributed by atoms with van der Waals surface area (Å²) in [4.78, 5) is 0. The van der Waals surface area contributed by atoms with Crippen molar-refractivity contribution in [3.63, 3.8) is 0 Å². The Labute approximate surface area is 112 Å². The number of rotatable bonds is 6. The Morgan fingerprint density at radius 2 is 1.61 bits per heavy atom. The molecule has 0 atom stereocenters. The molecule has 0 fully saturated rings. The topological polar surface area (TPSA) is 24.1 Å². The van der Waals surface area contributed by atoms with Gasteiger partial charge in [-0.05, 0) is 38.9 Å². The third-order valence-corrected chi connectivity index (χ3v) is 3.68. The first-order valence-corrected chi connectivity index (χ1v) is 6.74. The molecule has 2 nitrogen and oxygen atoms in total. The average molecular weight is 248 g/mol. The molecule has 0 aromatic heterocycles. The highest BCUT2D eigenvalue weighted by atomic mass is 15.0. The predicted molar refractivity (Wildman–Crippen MR) is 80.2 cm³/mol. The van der Waals surface area contributed by atoms with Crippen LogP contribution in [0, 0.1) is 6.92 Å². The second-order valence-corrected chi connectivity index (χ2v) is 6.44. The SMILES string of the molecule is CNC(C)(C)CNCC(C)(C)c1ccccc1C. The van der Waals surface area contributed by atoms with Crippen molar-refractivity contribution in [1.82, 2.24) is 10.6 Å². The molecule has 0 saturated carbocycles. The van der Waals surface area contributed by atoms with E-state index in [0.717, 1.165) is 13.1 Å². The lowest BCUT2D eigenvalue weighted by Gasteiger charge is -2.31. The Bertz CT molecular complexity index is 380. The largest absolute Gasteiger partial charge is 0.314 e. The van der Waals surface area contributed by atoms with Crippen LogP contribution in [0.15, 0.2) is 24.3 Å². The summed E-state index contributed by atoms with van der Waals surface area (Å²) in [6, 6.07) is 8.66. The third-order valence-electron chi connectivity index (χ3n) is 3.68. The van der Waals surface area contributed by atoms with E-state index in [0.29, 0.717) is 0 Å². The molecule has 0 aliphatic heterocycles. The maximum atomic E-state index is 3.58. The van der Waals surface area contributed by atoms with Crippen molar-refractivity contribution in [3.8, 4) is 0 Å². The molecule has 0 aliphatic rings. The van der Waals surface area contributed by atoms with Crippen LogP contribution in [0.3, 0.4) is 0 Å². The van der Waals surface area contributed by atoms with Crippen LogP contribution in [0.2, 0.25) is 0 Å². The van der Waals surface area contributed by atoms with Crippen molar-refractivity contribution in [2.75, 3.05) is 20.1 Å². The van der Waals surface area contributed by atoms with E-state index in [-0.39, 0.29) is 11.0 Å². The minimum Gasteiger partial charge on any atom is -0.314 e. The Morgan fingerprint density at radius 3 is 2.17 bits per heavy atom. The van der Waals surface area contributed by atoms with Crippen LogP contribution in [0.4, 0.5) is 0 Å². The molecule has 1 aromatic carbocycles. The number of hydrogen-bond acceptors (Lipinski definition) is 2. The van der Waals surface area contributed by atoms with E-state index in [2.05, 4.69) is 69.5 Å². The lowest BCUT2D eigenvalue weighted by molar-refractivity contribution is 0.367. The minimum atomic E-state index is 0.141. The summed E-state index contributed by atoms with van der Waals surface area (Å²) in [6.07, 6.45) is 0. The van der Waals surface area contributed by atoms with Gasteiger partial charge in [-0.15, -0.1) is 0 Å². The van der Waals surface area contributed by atoms with E-state index in [9.17, 15) is 0 Å². The maximum Gasteiger partial charge on any atom is 0.0246 e. The average Bonchev–Trinajstić information content (AvgIpc) is 2.29. The quantitative estimate of drug-likeness (QED) is 0.809. The van der Waals surface area contributed by atoms with Gasteiger partial charge in [0.05, 0.1) is 0 Å².